The lowest BCUT2D eigenvalue weighted by Gasteiger charge is -2.09. The van der Waals surface area contributed by atoms with Crippen molar-refractivity contribution < 1.29 is 4.68 Å². The largest absolute Gasteiger partial charge is 0.408 e. The molecule has 0 fully saturated rings. The number of benzene rings is 5. The van der Waals surface area contributed by atoms with E-state index in [1.54, 1.807) is 4.80 Å². The second-order valence-electron chi connectivity index (χ2n) is 7.60. The van der Waals surface area contributed by atoms with Crippen molar-refractivity contribution in [1.29, 1.82) is 0 Å². The Balaban J connectivity index is 1.58. The van der Waals surface area contributed by atoms with E-state index in [4.69, 9.17) is 10.3 Å². The molecule has 5 heteroatoms. The van der Waals surface area contributed by atoms with Crippen LogP contribution in [0.1, 0.15) is 0 Å². The van der Waals surface area contributed by atoms with E-state index in [1.807, 2.05) is 65.3 Å². The van der Waals surface area contributed by atoms with Crippen LogP contribution in [-0.4, -0.2) is 15.1 Å². The fraction of sp³-hybridized carbons (Fsp3) is 0. The highest BCUT2D eigenvalue weighted by molar-refractivity contribution is 6.11. The van der Waals surface area contributed by atoms with Crippen LogP contribution in [0.3, 0.4) is 0 Å². The van der Waals surface area contributed by atoms with Crippen molar-refractivity contribution >= 4 is 33.2 Å². The number of hydrogen-bond acceptors (Lipinski definition) is 3. The van der Waals surface area contributed by atoms with E-state index in [1.165, 1.54) is 10.8 Å². The Labute approximate surface area is 185 Å². The molecule has 0 aliphatic rings. The van der Waals surface area contributed by atoms with Crippen LogP contribution < -0.4 is 10.00 Å². The highest BCUT2D eigenvalue weighted by Gasteiger charge is 2.23. The number of fused-ring (bicyclic) bond motifs is 2. The first-order valence-electron chi connectivity index (χ1n) is 10.5. The number of rotatable bonds is 4. The number of hydrogen-bond donors (Lipinski definition) is 1. The normalized spacial score (nSPS) is 11.1. The van der Waals surface area contributed by atoms with Crippen LogP contribution >= 0.6 is 0 Å². The predicted molar refractivity (Wildman–Crippen MR) is 128 cm³/mol. The molecule has 0 saturated heterocycles. The zero-order valence-corrected chi connectivity index (χ0v) is 17.3. The molecule has 5 nitrogen and oxygen atoms in total. The van der Waals surface area contributed by atoms with Crippen LogP contribution in [0, 0.1) is 0 Å². The average molecular weight is 414 g/mol. The minimum atomic E-state index is 0.640. The molecule has 6 rings (SSSR count). The van der Waals surface area contributed by atoms with E-state index in [2.05, 4.69) is 59.9 Å². The molecule has 0 aliphatic carbocycles. The molecule has 0 atom stereocenters. The molecule has 0 unspecified atom stereocenters. The molecule has 0 saturated carbocycles. The van der Waals surface area contributed by atoms with Gasteiger partial charge in [-0.1, -0.05) is 89.6 Å². The van der Waals surface area contributed by atoms with E-state index < -0.39 is 0 Å². The third-order valence-electron chi connectivity index (χ3n) is 5.56. The molecular weight excluding hydrogens is 394 g/mol. The summed E-state index contributed by atoms with van der Waals surface area (Å²) < 4.78 is 1.84. The lowest BCUT2D eigenvalue weighted by Crippen LogP contribution is -2.36. The highest BCUT2D eigenvalue weighted by Crippen LogP contribution is 2.34. The molecule has 1 heterocycles. The number of nitrogens with one attached hydrogen (secondary N) is 1. The van der Waals surface area contributed by atoms with Gasteiger partial charge in [0.25, 0.3) is 0 Å². The van der Waals surface area contributed by atoms with Crippen molar-refractivity contribution in [3.8, 4) is 11.4 Å². The van der Waals surface area contributed by atoms with Crippen molar-refractivity contribution in [1.82, 2.24) is 15.1 Å². The smallest absolute Gasteiger partial charge is 0.257 e. The van der Waals surface area contributed by atoms with Crippen LogP contribution in [-0.2, 0) is 0 Å². The fourth-order valence-corrected chi connectivity index (χ4v) is 4.03. The second-order valence-corrected chi connectivity index (χ2v) is 7.60. The first kappa shape index (κ1) is 18.3. The van der Waals surface area contributed by atoms with Gasteiger partial charge in [-0.3, -0.25) is 5.32 Å². The summed E-state index contributed by atoms with van der Waals surface area (Å²) in [6, 6.07) is 39.0. The first-order valence-corrected chi connectivity index (χ1v) is 10.5. The van der Waals surface area contributed by atoms with Gasteiger partial charge in [-0.25, -0.2) is 0 Å². The van der Waals surface area contributed by atoms with E-state index in [0.29, 0.717) is 5.95 Å². The van der Waals surface area contributed by atoms with Gasteiger partial charge in [-0.15, -0.1) is 0 Å². The Morgan fingerprint density at radius 3 is 1.84 bits per heavy atom. The molecule has 1 aromatic heterocycles. The first-order chi connectivity index (χ1) is 15.9. The summed E-state index contributed by atoms with van der Waals surface area (Å²) >= 11 is 0. The molecule has 0 amide bonds. The van der Waals surface area contributed by atoms with E-state index >= 15 is 0 Å². The fourth-order valence-electron chi connectivity index (χ4n) is 4.03. The van der Waals surface area contributed by atoms with Gasteiger partial charge in [0, 0.05) is 16.0 Å². The molecular formula is C27H20N5+. The summed E-state index contributed by atoms with van der Waals surface area (Å²) in [6.45, 7) is 0. The van der Waals surface area contributed by atoms with Crippen LogP contribution in [0.5, 0.6) is 0 Å². The monoisotopic (exact) mass is 414 g/mol. The maximum atomic E-state index is 4.82. The number of anilines is 2. The minimum Gasteiger partial charge on any atom is -0.257 e. The van der Waals surface area contributed by atoms with Crippen molar-refractivity contribution in [2.75, 3.05) is 5.32 Å². The summed E-state index contributed by atoms with van der Waals surface area (Å²) in [7, 11) is 0. The Morgan fingerprint density at radius 1 is 0.625 bits per heavy atom. The summed E-state index contributed by atoms with van der Waals surface area (Å²) in [5.41, 5.74) is 2.85. The van der Waals surface area contributed by atoms with Gasteiger partial charge in [0.2, 0.25) is 0 Å². The van der Waals surface area contributed by atoms with Gasteiger partial charge in [-0.05, 0) is 45.9 Å². The summed E-state index contributed by atoms with van der Waals surface area (Å²) in [5, 5.41) is 17.8. The molecule has 152 valence electrons. The van der Waals surface area contributed by atoms with Gasteiger partial charge >= 0.3 is 5.95 Å². The van der Waals surface area contributed by atoms with E-state index in [9.17, 15) is 0 Å². The summed E-state index contributed by atoms with van der Waals surface area (Å²) in [4.78, 5) is 1.66. The van der Waals surface area contributed by atoms with Crippen molar-refractivity contribution in [3.05, 3.63) is 115 Å². The Hall–Kier alpha value is -4.51. The van der Waals surface area contributed by atoms with Crippen LogP contribution in [0.2, 0.25) is 0 Å². The quantitative estimate of drug-likeness (QED) is 0.302. The van der Waals surface area contributed by atoms with Crippen LogP contribution in [0.15, 0.2) is 115 Å². The number of para-hydroxylation sites is 2. The van der Waals surface area contributed by atoms with Gasteiger partial charge in [-0.2, -0.15) is 0 Å². The number of tetrazole rings is 1. The Morgan fingerprint density at radius 2 is 1.19 bits per heavy atom. The van der Waals surface area contributed by atoms with E-state index in [-0.39, 0.29) is 0 Å². The zero-order chi connectivity index (χ0) is 21.3. The van der Waals surface area contributed by atoms with Gasteiger partial charge in [0.15, 0.2) is 0 Å². The van der Waals surface area contributed by atoms with E-state index in [0.717, 1.165) is 27.8 Å². The molecule has 0 bridgehead atoms. The third-order valence-corrected chi connectivity index (χ3v) is 5.56. The number of nitrogens with zero attached hydrogens (tertiary/aromatic N) is 4. The van der Waals surface area contributed by atoms with Gasteiger partial charge < -0.3 is 0 Å². The summed E-state index contributed by atoms with van der Waals surface area (Å²) in [5.74, 6) is 0.640. The molecule has 0 aliphatic heterocycles. The SMILES string of the molecule is c1ccc(-n2nc(Nc3c4ccccc4cc4ccccc34)[n+](-c3ccccc3)n2)cc1. The maximum absolute atomic E-state index is 4.82. The zero-order valence-electron chi connectivity index (χ0n) is 17.3. The van der Waals surface area contributed by atoms with Crippen molar-refractivity contribution in [3.63, 3.8) is 0 Å². The van der Waals surface area contributed by atoms with Gasteiger partial charge in [0.05, 0.1) is 5.10 Å². The van der Waals surface area contributed by atoms with Crippen LogP contribution in [0.4, 0.5) is 11.6 Å². The minimum absolute atomic E-state index is 0.640. The standard InChI is InChI=1S/C27H20N5/c1-3-13-22(14-4-1)31-27(29-32(30-31)23-15-5-2-6-16-23)28-26-24-17-9-7-11-20(24)19-21-12-8-10-18-25(21)26/h1-19H,(H,28,29,30)/q+1. The molecule has 32 heavy (non-hydrogen) atoms. The molecule has 0 radical (unpaired) electrons. The van der Waals surface area contributed by atoms with Gasteiger partial charge in [0.1, 0.15) is 17.1 Å². The van der Waals surface area contributed by atoms with Crippen LogP contribution in [0.25, 0.3) is 32.9 Å². The molecule has 1 N–H and O–H groups in total. The maximum Gasteiger partial charge on any atom is 0.408 e. The van der Waals surface area contributed by atoms with Crippen molar-refractivity contribution in [2.45, 2.75) is 0 Å². The topological polar surface area (TPSA) is 46.6 Å². The molecule has 6 aromatic rings. The second kappa shape index (κ2) is 7.63. The number of aromatic nitrogens is 4. The average Bonchev–Trinajstić information content (AvgIpc) is 3.29. The Bertz CT molecular complexity index is 1480. The third kappa shape index (κ3) is 3.17. The lowest BCUT2D eigenvalue weighted by atomic mass is 10.0. The lowest BCUT2D eigenvalue weighted by molar-refractivity contribution is -0.647. The summed E-state index contributed by atoms with van der Waals surface area (Å²) in [6.07, 6.45) is 0. The molecule has 0 spiro atoms. The Kier molecular flexibility index (Phi) is 4.36. The van der Waals surface area contributed by atoms with Crippen molar-refractivity contribution in [2.24, 2.45) is 0 Å². The molecule has 5 aromatic carbocycles. The highest BCUT2D eigenvalue weighted by atomic mass is 15.6. The predicted octanol–water partition coefficient (Wildman–Crippen LogP) is 5.59.